The van der Waals surface area contributed by atoms with Crippen molar-refractivity contribution in [3.05, 3.63) is 62.7 Å². The Kier molecular flexibility index (Phi) is 4.20. The maximum Gasteiger partial charge on any atom is 0.255 e. The molecule has 24 heavy (non-hydrogen) atoms. The van der Waals surface area contributed by atoms with Crippen molar-refractivity contribution in [3.8, 4) is 22.8 Å². The van der Waals surface area contributed by atoms with Gasteiger partial charge in [-0.2, -0.15) is 11.8 Å². The second-order valence-corrected chi connectivity index (χ2v) is 7.47. The highest BCUT2D eigenvalue weighted by Crippen LogP contribution is 2.24. The van der Waals surface area contributed by atoms with Crippen molar-refractivity contribution in [2.75, 3.05) is 5.75 Å². The van der Waals surface area contributed by atoms with Crippen LogP contribution in [0.5, 0.6) is 0 Å². The van der Waals surface area contributed by atoms with E-state index in [2.05, 4.69) is 35.9 Å². The fourth-order valence-corrected chi connectivity index (χ4v) is 3.81. The van der Waals surface area contributed by atoms with Gasteiger partial charge in [0.05, 0.1) is 10.2 Å². The first kappa shape index (κ1) is 15.5. The predicted molar refractivity (Wildman–Crippen MR) is 98.9 cm³/mol. The van der Waals surface area contributed by atoms with Crippen LogP contribution < -0.4 is 5.56 Å². The highest BCUT2D eigenvalue weighted by molar-refractivity contribution is 9.10. The van der Waals surface area contributed by atoms with E-state index in [-0.39, 0.29) is 5.56 Å². The standard InChI is InChI=1S/C17H13BrN4OS/c18-12-7-19-15(20-8-12)10-1-3-11(4-2-10)16-21-14-5-6-24-9-13(14)17(23)22-16/h1-4,7-8H,5-6,9H2,(H,21,22,23). The van der Waals surface area contributed by atoms with Crippen LogP contribution in [0, 0.1) is 0 Å². The molecule has 0 unspecified atom stereocenters. The zero-order valence-corrected chi connectivity index (χ0v) is 15.0. The predicted octanol–water partition coefficient (Wildman–Crippen LogP) is 3.45. The summed E-state index contributed by atoms with van der Waals surface area (Å²) in [6.07, 6.45) is 4.29. The first-order valence-electron chi connectivity index (χ1n) is 7.49. The number of fused-ring (bicyclic) bond motifs is 1. The topological polar surface area (TPSA) is 71.5 Å². The van der Waals surface area contributed by atoms with Gasteiger partial charge < -0.3 is 4.98 Å². The smallest absolute Gasteiger partial charge is 0.255 e. The molecule has 1 aliphatic heterocycles. The summed E-state index contributed by atoms with van der Waals surface area (Å²) in [7, 11) is 0. The van der Waals surface area contributed by atoms with E-state index < -0.39 is 0 Å². The number of benzene rings is 1. The van der Waals surface area contributed by atoms with Crippen LogP contribution in [-0.4, -0.2) is 25.7 Å². The van der Waals surface area contributed by atoms with Crippen LogP contribution in [0.1, 0.15) is 11.3 Å². The molecule has 0 fully saturated rings. The minimum Gasteiger partial charge on any atom is -0.306 e. The number of halogens is 1. The Morgan fingerprint density at radius 2 is 1.79 bits per heavy atom. The van der Waals surface area contributed by atoms with Crippen molar-refractivity contribution in [2.45, 2.75) is 12.2 Å². The Hall–Kier alpha value is -1.99. The van der Waals surface area contributed by atoms with Crippen LogP contribution in [0.15, 0.2) is 45.9 Å². The lowest BCUT2D eigenvalue weighted by atomic mass is 10.1. The van der Waals surface area contributed by atoms with Crippen LogP contribution in [0.4, 0.5) is 0 Å². The number of hydrogen-bond donors (Lipinski definition) is 1. The van der Waals surface area contributed by atoms with Crippen molar-refractivity contribution < 1.29 is 0 Å². The highest BCUT2D eigenvalue weighted by Gasteiger charge is 2.16. The Morgan fingerprint density at radius 1 is 1.08 bits per heavy atom. The molecule has 2 aromatic heterocycles. The van der Waals surface area contributed by atoms with E-state index in [4.69, 9.17) is 0 Å². The summed E-state index contributed by atoms with van der Waals surface area (Å²) in [6, 6.07) is 7.74. The lowest BCUT2D eigenvalue weighted by Gasteiger charge is -2.14. The monoisotopic (exact) mass is 400 g/mol. The van der Waals surface area contributed by atoms with Gasteiger partial charge in [0.15, 0.2) is 5.82 Å². The van der Waals surface area contributed by atoms with E-state index in [1.54, 1.807) is 24.2 Å². The Balaban J connectivity index is 1.69. The molecule has 0 bridgehead atoms. The van der Waals surface area contributed by atoms with Crippen molar-refractivity contribution in [2.24, 2.45) is 0 Å². The van der Waals surface area contributed by atoms with Crippen LogP contribution >= 0.6 is 27.7 Å². The lowest BCUT2D eigenvalue weighted by molar-refractivity contribution is 0.938. The Morgan fingerprint density at radius 3 is 2.54 bits per heavy atom. The average molecular weight is 401 g/mol. The summed E-state index contributed by atoms with van der Waals surface area (Å²) >= 11 is 5.11. The third kappa shape index (κ3) is 3.01. The fourth-order valence-electron chi connectivity index (χ4n) is 2.62. The van der Waals surface area contributed by atoms with Gasteiger partial charge in [0.25, 0.3) is 5.56 Å². The molecule has 4 rings (SSSR count). The minimum absolute atomic E-state index is 0.0254. The van der Waals surface area contributed by atoms with Gasteiger partial charge in [0.2, 0.25) is 0 Å². The van der Waals surface area contributed by atoms with Crippen molar-refractivity contribution in [1.82, 2.24) is 19.9 Å². The van der Waals surface area contributed by atoms with Gasteiger partial charge >= 0.3 is 0 Å². The van der Waals surface area contributed by atoms with Gasteiger partial charge in [0, 0.05) is 34.8 Å². The van der Waals surface area contributed by atoms with Crippen molar-refractivity contribution in [3.63, 3.8) is 0 Å². The van der Waals surface area contributed by atoms with Crippen molar-refractivity contribution >= 4 is 27.7 Å². The van der Waals surface area contributed by atoms with Gasteiger partial charge in [-0.25, -0.2) is 15.0 Å². The van der Waals surface area contributed by atoms with Gasteiger partial charge in [-0.1, -0.05) is 24.3 Å². The summed E-state index contributed by atoms with van der Waals surface area (Å²) in [4.78, 5) is 28.4. The number of aromatic amines is 1. The highest BCUT2D eigenvalue weighted by atomic mass is 79.9. The molecule has 3 heterocycles. The van der Waals surface area contributed by atoms with Gasteiger partial charge in [-0.15, -0.1) is 0 Å². The van der Waals surface area contributed by atoms with E-state index >= 15 is 0 Å². The van der Waals surface area contributed by atoms with Crippen LogP contribution in [-0.2, 0) is 12.2 Å². The van der Waals surface area contributed by atoms with E-state index in [0.717, 1.165) is 44.8 Å². The number of hydrogen-bond acceptors (Lipinski definition) is 5. The van der Waals surface area contributed by atoms with Crippen LogP contribution in [0.25, 0.3) is 22.8 Å². The molecule has 1 aromatic carbocycles. The Bertz CT molecular complexity index is 938. The molecule has 0 aliphatic carbocycles. The molecule has 120 valence electrons. The van der Waals surface area contributed by atoms with Crippen LogP contribution in [0.2, 0.25) is 0 Å². The van der Waals surface area contributed by atoms with E-state index in [0.29, 0.717) is 11.6 Å². The second-order valence-electron chi connectivity index (χ2n) is 5.44. The normalized spacial score (nSPS) is 13.5. The molecule has 1 N–H and O–H groups in total. The number of aromatic nitrogens is 4. The van der Waals surface area contributed by atoms with Gasteiger partial charge in [-0.3, -0.25) is 4.79 Å². The largest absolute Gasteiger partial charge is 0.306 e. The molecule has 0 radical (unpaired) electrons. The molecular weight excluding hydrogens is 388 g/mol. The zero-order chi connectivity index (χ0) is 16.5. The molecule has 0 amide bonds. The molecule has 7 heteroatoms. The zero-order valence-electron chi connectivity index (χ0n) is 12.6. The summed E-state index contributed by atoms with van der Waals surface area (Å²) in [5.41, 5.74) is 3.52. The number of nitrogens with one attached hydrogen (secondary N) is 1. The summed E-state index contributed by atoms with van der Waals surface area (Å²) in [5, 5.41) is 0. The third-order valence-electron chi connectivity index (χ3n) is 3.87. The summed E-state index contributed by atoms with van der Waals surface area (Å²) in [6.45, 7) is 0. The van der Waals surface area contributed by atoms with E-state index in [1.165, 1.54) is 0 Å². The molecule has 0 spiro atoms. The third-order valence-corrected chi connectivity index (χ3v) is 5.26. The molecular formula is C17H13BrN4OS. The number of rotatable bonds is 2. The second kappa shape index (κ2) is 6.49. The maximum atomic E-state index is 12.2. The quantitative estimate of drug-likeness (QED) is 0.712. The van der Waals surface area contributed by atoms with Crippen molar-refractivity contribution in [1.29, 1.82) is 0 Å². The first-order valence-corrected chi connectivity index (χ1v) is 9.43. The first-order chi connectivity index (χ1) is 11.7. The fraction of sp³-hybridized carbons (Fsp3) is 0.176. The molecule has 0 saturated carbocycles. The molecule has 5 nitrogen and oxygen atoms in total. The van der Waals surface area contributed by atoms with E-state index in [9.17, 15) is 4.79 Å². The van der Waals surface area contributed by atoms with E-state index in [1.807, 2.05) is 24.3 Å². The number of nitrogens with zero attached hydrogens (tertiary/aromatic N) is 3. The Labute approximate surface area is 151 Å². The molecule has 3 aromatic rings. The minimum atomic E-state index is -0.0254. The molecule has 1 aliphatic rings. The maximum absolute atomic E-state index is 12.2. The van der Waals surface area contributed by atoms with Crippen LogP contribution in [0.3, 0.4) is 0 Å². The number of thioether (sulfide) groups is 1. The molecule has 0 saturated heterocycles. The number of aryl methyl sites for hydroxylation is 1. The summed E-state index contributed by atoms with van der Waals surface area (Å²) < 4.78 is 0.844. The number of H-pyrrole nitrogens is 1. The molecule has 0 atom stereocenters. The van der Waals surface area contributed by atoms with Gasteiger partial charge in [-0.05, 0) is 28.1 Å². The SMILES string of the molecule is O=c1[nH]c(-c2ccc(-c3ncc(Br)cn3)cc2)nc2c1CSCC2. The average Bonchev–Trinajstić information content (AvgIpc) is 2.62. The lowest BCUT2D eigenvalue weighted by Crippen LogP contribution is -2.21. The summed E-state index contributed by atoms with van der Waals surface area (Å²) in [5.74, 6) is 3.04. The van der Waals surface area contributed by atoms with Gasteiger partial charge in [0.1, 0.15) is 5.82 Å².